The van der Waals surface area contributed by atoms with E-state index in [1.54, 1.807) is 0 Å². The first-order chi connectivity index (χ1) is 7.80. The molecule has 0 saturated heterocycles. The molecule has 0 saturated carbocycles. The van der Waals surface area contributed by atoms with Crippen LogP contribution < -0.4 is 5.73 Å². The number of nitrogens with two attached hydrogens (primary N) is 1. The third-order valence-corrected chi connectivity index (χ3v) is 2.21. The van der Waals surface area contributed by atoms with Crippen LogP contribution in [-0.4, -0.2) is 29.3 Å². The predicted octanol–water partition coefficient (Wildman–Crippen LogP) is 0.690. The van der Waals surface area contributed by atoms with Gasteiger partial charge in [-0.15, -0.1) is 0 Å². The Bertz CT molecular complexity index is 436. The summed E-state index contributed by atoms with van der Waals surface area (Å²) in [6.07, 6.45) is 0. The van der Waals surface area contributed by atoms with Crippen molar-refractivity contribution in [2.75, 3.05) is 7.11 Å². The van der Waals surface area contributed by atoms with Gasteiger partial charge < -0.3 is 20.7 Å². The van der Waals surface area contributed by atoms with Crippen molar-refractivity contribution >= 4 is 5.97 Å². The van der Waals surface area contributed by atoms with Gasteiger partial charge in [-0.2, -0.15) is 8.78 Å². The normalized spacial score (nSPS) is 13.2. The van der Waals surface area contributed by atoms with Gasteiger partial charge in [-0.25, -0.2) is 0 Å². The molecule has 1 aromatic rings. The van der Waals surface area contributed by atoms with E-state index in [0.29, 0.717) is 6.07 Å². The smallest absolute Gasteiger partial charge is 0.329 e. The summed E-state index contributed by atoms with van der Waals surface area (Å²) < 4.78 is 31.5. The zero-order chi connectivity index (χ0) is 13.2. The zero-order valence-corrected chi connectivity index (χ0v) is 8.85. The van der Waals surface area contributed by atoms with E-state index in [1.165, 1.54) is 0 Å². The van der Waals surface area contributed by atoms with Crippen molar-refractivity contribution < 1.29 is 28.5 Å². The Morgan fingerprint density at radius 3 is 2.47 bits per heavy atom. The van der Waals surface area contributed by atoms with Crippen molar-refractivity contribution in [2.45, 2.75) is 12.0 Å². The zero-order valence-electron chi connectivity index (χ0n) is 8.85. The molecule has 7 heteroatoms. The third-order valence-electron chi connectivity index (χ3n) is 2.21. The number of aromatic hydroxyl groups is 2. The maximum Gasteiger partial charge on any atom is 0.329 e. The Morgan fingerprint density at radius 1 is 1.41 bits per heavy atom. The SMILES string of the molecule is COC(=O)C(N)C(F)(F)c1ccc(O)c(O)c1. The van der Waals surface area contributed by atoms with Gasteiger partial charge in [0.25, 0.3) is 5.92 Å². The minimum atomic E-state index is -3.71. The second-order valence-electron chi connectivity index (χ2n) is 3.33. The lowest BCUT2D eigenvalue weighted by molar-refractivity contribution is -0.153. The molecule has 94 valence electrons. The van der Waals surface area contributed by atoms with Gasteiger partial charge in [-0.1, -0.05) is 0 Å². The van der Waals surface area contributed by atoms with Gasteiger partial charge in [0.15, 0.2) is 17.5 Å². The van der Waals surface area contributed by atoms with Gasteiger partial charge in [-0.3, -0.25) is 4.79 Å². The maximum absolute atomic E-state index is 13.7. The molecule has 0 aliphatic carbocycles. The monoisotopic (exact) mass is 247 g/mol. The second-order valence-corrected chi connectivity index (χ2v) is 3.33. The summed E-state index contributed by atoms with van der Waals surface area (Å²) in [6, 6.07) is 0.190. The number of rotatable bonds is 3. The van der Waals surface area contributed by atoms with Crippen LogP contribution in [0.25, 0.3) is 0 Å². The molecule has 0 aromatic heterocycles. The lowest BCUT2D eigenvalue weighted by atomic mass is 10.0. The van der Waals surface area contributed by atoms with E-state index in [4.69, 9.17) is 15.9 Å². The highest BCUT2D eigenvalue weighted by atomic mass is 19.3. The number of alkyl halides is 2. The molecule has 0 spiro atoms. The van der Waals surface area contributed by atoms with Crippen LogP contribution in [0.4, 0.5) is 8.78 Å². The minimum Gasteiger partial charge on any atom is -0.504 e. The van der Waals surface area contributed by atoms with E-state index in [2.05, 4.69) is 4.74 Å². The number of esters is 1. The minimum absolute atomic E-state index is 0.545. The highest BCUT2D eigenvalue weighted by Gasteiger charge is 2.44. The molecule has 0 heterocycles. The van der Waals surface area contributed by atoms with E-state index < -0.39 is 35.0 Å². The number of hydrogen-bond acceptors (Lipinski definition) is 5. The molecular weight excluding hydrogens is 236 g/mol. The average Bonchev–Trinajstić information content (AvgIpc) is 2.30. The Labute approximate surface area is 95.4 Å². The highest BCUT2D eigenvalue weighted by Crippen LogP contribution is 2.36. The van der Waals surface area contributed by atoms with E-state index in [1.807, 2.05) is 0 Å². The van der Waals surface area contributed by atoms with Gasteiger partial charge >= 0.3 is 5.97 Å². The first kappa shape index (κ1) is 13.2. The lowest BCUT2D eigenvalue weighted by Gasteiger charge is -2.22. The molecule has 1 atom stereocenters. The number of carbonyl (C=O) groups excluding carboxylic acids is 1. The Hall–Kier alpha value is -1.89. The molecule has 1 rings (SSSR count). The van der Waals surface area contributed by atoms with Crippen molar-refractivity contribution in [3.63, 3.8) is 0 Å². The number of halogens is 2. The van der Waals surface area contributed by atoms with Crippen LogP contribution in [0.3, 0.4) is 0 Å². The quantitative estimate of drug-likeness (QED) is 0.539. The van der Waals surface area contributed by atoms with Crippen LogP contribution >= 0.6 is 0 Å². The van der Waals surface area contributed by atoms with Gasteiger partial charge in [0.05, 0.1) is 7.11 Å². The van der Waals surface area contributed by atoms with Crippen molar-refractivity contribution in [1.29, 1.82) is 0 Å². The molecule has 0 aliphatic heterocycles. The van der Waals surface area contributed by atoms with Gasteiger partial charge in [0, 0.05) is 5.56 Å². The van der Waals surface area contributed by atoms with Crippen LogP contribution in [0.5, 0.6) is 11.5 Å². The van der Waals surface area contributed by atoms with E-state index in [0.717, 1.165) is 19.2 Å². The molecule has 17 heavy (non-hydrogen) atoms. The van der Waals surface area contributed by atoms with Crippen LogP contribution in [0.15, 0.2) is 18.2 Å². The van der Waals surface area contributed by atoms with E-state index >= 15 is 0 Å². The molecule has 0 fully saturated rings. The van der Waals surface area contributed by atoms with Crippen LogP contribution in [-0.2, 0) is 15.5 Å². The number of phenols is 2. The van der Waals surface area contributed by atoms with Crippen LogP contribution in [0.2, 0.25) is 0 Å². The molecule has 0 radical (unpaired) electrons. The summed E-state index contributed by atoms with van der Waals surface area (Å²) in [7, 11) is 0.937. The fourth-order valence-electron chi connectivity index (χ4n) is 1.19. The van der Waals surface area contributed by atoms with Gasteiger partial charge in [0.1, 0.15) is 0 Å². The number of carbonyl (C=O) groups is 1. The topological polar surface area (TPSA) is 92.8 Å². The summed E-state index contributed by atoms with van der Waals surface area (Å²) in [5.74, 6) is -6.25. The van der Waals surface area contributed by atoms with Crippen molar-refractivity contribution in [2.24, 2.45) is 5.73 Å². The average molecular weight is 247 g/mol. The van der Waals surface area contributed by atoms with Gasteiger partial charge in [-0.05, 0) is 18.2 Å². The summed E-state index contributed by atoms with van der Waals surface area (Å²) in [4.78, 5) is 10.9. The fraction of sp³-hybridized carbons (Fsp3) is 0.300. The number of ether oxygens (including phenoxy) is 1. The summed E-state index contributed by atoms with van der Waals surface area (Å²) in [6.45, 7) is 0. The van der Waals surface area contributed by atoms with E-state index in [9.17, 15) is 13.6 Å². The van der Waals surface area contributed by atoms with Crippen LogP contribution in [0, 0.1) is 0 Å². The Balaban J connectivity index is 3.11. The molecule has 0 aliphatic rings. The summed E-state index contributed by atoms with van der Waals surface area (Å²) >= 11 is 0. The van der Waals surface area contributed by atoms with Gasteiger partial charge in [0.2, 0.25) is 0 Å². The number of hydrogen-bond donors (Lipinski definition) is 3. The highest BCUT2D eigenvalue weighted by molar-refractivity contribution is 5.77. The molecule has 4 N–H and O–H groups in total. The van der Waals surface area contributed by atoms with Crippen LogP contribution in [0.1, 0.15) is 5.56 Å². The molecule has 1 unspecified atom stereocenters. The second kappa shape index (κ2) is 4.54. The summed E-state index contributed by atoms with van der Waals surface area (Å²) in [5.41, 5.74) is 4.37. The number of methoxy groups -OCH3 is 1. The molecular formula is C10H11F2NO4. The van der Waals surface area contributed by atoms with Crippen molar-refractivity contribution in [1.82, 2.24) is 0 Å². The first-order valence-electron chi connectivity index (χ1n) is 4.54. The van der Waals surface area contributed by atoms with Crippen molar-refractivity contribution in [3.05, 3.63) is 23.8 Å². The maximum atomic E-state index is 13.7. The Kier molecular flexibility index (Phi) is 3.52. The molecule has 0 bridgehead atoms. The molecule has 0 amide bonds. The Morgan fingerprint density at radius 2 is 2.00 bits per heavy atom. The molecule has 1 aromatic carbocycles. The lowest BCUT2D eigenvalue weighted by Crippen LogP contribution is -2.45. The number of benzene rings is 1. The van der Waals surface area contributed by atoms with Crippen molar-refractivity contribution in [3.8, 4) is 11.5 Å². The summed E-state index contributed by atoms with van der Waals surface area (Å²) in [5, 5.41) is 18.1. The fourth-order valence-corrected chi connectivity index (χ4v) is 1.19. The third kappa shape index (κ3) is 2.44. The number of phenolic OH excluding ortho intramolecular Hbond substituents is 2. The largest absolute Gasteiger partial charge is 0.504 e. The van der Waals surface area contributed by atoms with E-state index in [-0.39, 0.29) is 0 Å². The molecule has 5 nitrogen and oxygen atoms in total. The first-order valence-corrected chi connectivity index (χ1v) is 4.54. The predicted molar refractivity (Wildman–Crippen MR) is 53.7 cm³/mol. The standard InChI is InChI=1S/C10H11F2NO4/c1-17-9(16)8(13)10(11,12)5-2-3-6(14)7(15)4-5/h2-4,8,14-15H,13H2,1H3.